The Balaban J connectivity index is 1.81. The Morgan fingerprint density at radius 3 is 2.86 bits per heavy atom. The first-order valence-electron chi connectivity index (χ1n) is 7.20. The molecule has 0 saturated carbocycles. The zero-order valence-electron chi connectivity index (χ0n) is 12.4. The third kappa shape index (κ3) is 2.81. The molecule has 1 saturated heterocycles. The largest absolute Gasteiger partial charge is 0.397 e. The Bertz CT molecular complexity index is 676. The van der Waals surface area contributed by atoms with Gasteiger partial charge in [-0.15, -0.1) is 11.3 Å². The average molecular weight is 304 g/mol. The van der Waals surface area contributed by atoms with Crippen molar-refractivity contribution in [2.75, 3.05) is 37.3 Å². The zero-order chi connectivity index (χ0) is 15.0. The Hall–Kier alpha value is -1.82. The highest BCUT2D eigenvalue weighted by Gasteiger charge is 2.20. The number of hydrogen-bond acceptors (Lipinski definition) is 5. The van der Waals surface area contributed by atoms with Crippen molar-refractivity contribution in [1.29, 1.82) is 0 Å². The third-order valence-electron chi connectivity index (χ3n) is 3.89. The number of rotatable bonds is 3. The Morgan fingerprint density at radius 1 is 1.43 bits per heavy atom. The number of nitrogen functional groups attached to an aromatic ring is 1. The fourth-order valence-electron chi connectivity index (χ4n) is 2.78. The highest BCUT2D eigenvalue weighted by atomic mass is 32.1. The number of hydrogen-bond donors (Lipinski definition) is 1. The van der Waals surface area contributed by atoms with Gasteiger partial charge in [0, 0.05) is 20.1 Å². The van der Waals surface area contributed by atoms with Crippen molar-refractivity contribution in [2.45, 2.75) is 19.8 Å². The third-order valence-corrected chi connectivity index (χ3v) is 4.82. The summed E-state index contributed by atoms with van der Waals surface area (Å²) in [5.74, 6) is 0.170. The van der Waals surface area contributed by atoms with Gasteiger partial charge in [0.05, 0.1) is 33.1 Å². The van der Waals surface area contributed by atoms with E-state index in [4.69, 9.17) is 5.73 Å². The van der Waals surface area contributed by atoms with Gasteiger partial charge in [-0.25, -0.2) is 4.98 Å². The van der Waals surface area contributed by atoms with Crippen LogP contribution in [-0.2, 0) is 4.79 Å². The molecule has 21 heavy (non-hydrogen) atoms. The summed E-state index contributed by atoms with van der Waals surface area (Å²) < 4.78 is 1.09. The molecule has 1 aromatic heterocycles. The predicted octanol–water partition coefficient (Wildman–Crippen LogP) is 2.25. The van der Waals surface area contributed by atoms with E-state index in [1.54, 1.807) is 11.3 Å². The van der Waals surface area contributed by atoms with E-state index in [0.29, 0.717) is 12.2 Å². The zero-order valence-corrected chi connectivity index (χ0v) is 13.2. The average Bonchev–Trinajstić information content (AvgIpc) is 3.05. The van der Waals surface area contributed by atoms with Crippen molar-refractivity contribution in [3.8, 4) is 0 Å². The van der Waals surface area contributed by atoms with Crippen molar-refractivity contribution in [2.24, 2.45) is 0 Å². The van der Waals surface area contributed by atoms with E-state index in [0.717, 1.165) is 46.8 Å². The summed E-state index contributed by atoms with van der Waals surface area (Å²) in [7, 11) is 1.91. The number of fused-ring (bicyclic) bond motifs is 1. The maximum Gasteiger partial charge on any atom is 0.242 e. The number of aryl methyl sites for hydroxylation is 1. The molecule has 0 aliphatic carbocycles. The van der Waals surface area contributed by atoms with E-state index < -0.39 is 0 Å². The number of nitrogens with two attached hydrogens (primary N) is 1. The summed E-state index contributed by atoms with van der Waals surface area (Å²) in [4.78, 5) is 20.6. The first kappa shape index (κ1) is 14.1. The number of aromatic nitrogens is 1. The molecule has 3 rings (SSSR count). The van der Waals surface area contributed by atoms with Crippen LogP contribution in [0.5, 0.6) is 0 Å². The van der Waals surface area contributed by atoms with Crippen LogP contribution < -0.4 is 10.6 Å². The lowest BCUT2D eigenvalue weighted by Gasteiger charge is -2.24. The lowest BCUT2D eigenvalue weighted by molar-refractivity contribution is -0.128. The minimum atomic E-state index is 0.170. The molecule has 112 valence electrons. The fraction of sp³-hybridized carbons (Fsp3) is 0.467. The minimum absolute atomic E-state index is 0.170. The highest BCUT2D eigenvalue weighted by molar-refractivity contribution is 7.18. The van der Waals surface area contributed by atoms with Gasteiger partial charge in [0.25, 0.3) is 0 Å². The van der Waals surface area contributed by atoms with Gasteiger partial charge in [0.2, 0.25) is 5.91 Å². The maximum atomic E-state index is 12.2. The van der Waals surface area contributed by atoms with Gasteiger partial charge in [0.1, 0.15) is 0 Å². The summed E-state index contributed by atoms with van der Waals surface area (Å²) in [5, 5.41) is 1.03. The lowest BCUT2D eigenvalue weighted by Crippen LogP contribution is -2.37. The van der Waals surface area contributed by atoms with Crippen LogP contribution in [0, 0.1) is 6.92 Å². The number of anilines is 2. The Kier molecular flexibility index (Phi) is 3.71. The molecule has 2 heterocycles. The van der Waals surface area contributed by atoms with Gasteiger partial charge < -0.3 is 15.5 Å². The smallest absolute Gasteiger partial charge is 0.242 e. The predicted molar refractivity (Wildman–Crippen MR) is 87.9 cm³/mol. The number of carbonyl (C=O) groups is 1. The second kappa shape index (κ2) is 5.52. The molecule has 0 atom stereocenters. The van der Waals surface area contributed by atoms with Crippen LogP contribution in [0.15, 0.2) is 12.1 Å². The molecule has 1 fully saturated rings. The van der Waals surface area contributed by atoms with Crippen molar-refractivity contribution in [3.63, 3.8) is 0 Å². The second-order valence-corrected chi connectivity index (χ2v) is 6.79. The fourth-order valence-corrected chi connectivity index (χ4v) is 3.64. The first-order valence-corrected chi connectivity index (χ1v) is 8.02. The van der Waals surface area contributed by atoms with Crippen molar-refractivity contribution >= 4 is 38.8 Å². The van der Waals surface area contributed by atoms with Crippen LogP contribution in [0.4, 0.5) is 11.4 Å². The number of carbonyl (C=O) groups excluding carboxylic acids is 1. The van der Waals surface area contributed by atoms with E-state index in [1.165, 1.54) is 0 Å². The summed E-state index contributed by atoms with van der Waals surface area (Å²) in [6.45, 7) is 4.11. The van der Waals surface area contributed by atoms with Crippen LogP contribution in [0.2, 0.25) is 0 Å². The van der Waals surface area contributed by atoms with Crippen LogP contribution in [0.3, 0.4) is 0 Å². The van der Waals surface area contributed by atoms with Crippen LogP contribution in [0.1, 0.15) is 17.8 Å². The molecule has 5 nitrogen and oxygen atoms in total. The topological polar surface area (TPSA) is 62.5 Å². The summed E-state index contributed by atoms with van der Waals surface area (Å²) >= 11 is 1.64. The molecule has 0 radical (unpaired) electrons. The molecule has 1 aliphatic rings. The Morgan fingerprint density at radius 2 is 2.14 bits per heavy atom. The molecular weight excluding hydrogens is 284 g/mol. The standard InChI is InChI=1S/C15H20N4OS/c1-10-17-12-8-13(11(16)7-14(12)21-10)18(2)9-15(20)19-5-3-4-6-19/h7-8H,3-6,9,16H2,1-2H3. The number of benzene rings is 1. The molecule has 1 amide bonds. The number of nitrogens with zero attached hydrogens (tertiary/aromatic N) is 3. The van der Waals surface area contributed by atoms with Gasteiger partial charge in [-0.05, 0) is 31.9 Å². The highest BCUT2D eigenvalue weighted by Crippen LogP contribution is 2.31. The number of likely N-dealkylation sites (N-methyl/N-ethyl adjacent to an activating group) is 1. The van der Waals surface area contributed by atoms with E-state index in [2.05, 4.69) is 4.98 Å². The first-order chi connectivity index (χ1) is 10.0. The SMILES string of the molecule is Cc1nc2cc(N(C)CC(=O)N3CCCC3)c(N)cc2s1. The molecule has 6 heteroatoms. The summed E-state index contributed by atoms with van der Waals surface area (Å²) in [5.41, 5.74) is 8.66. The van der Waals surface area contributed by atoms with Crippen molar-refractivity contribution < 1.29 is 4.79 Å². The number of likely N-dealkylation sites (tertiary alicyclic amines) is 1. The molecule has 0 unspecified atom stereocenters. The monoisotopic (exact) mass is 304 g/mol. The minimum Gasteiger partial charge on any atom is -0.397 e. The van der Waals surface area contributed by atoms with E-state index in [9.17, 15) is 4.79 Å². The molecule has 1 aromatic carbocycles. The Labute approximate surface area is 128 Å². The maximum absolute atomic E-state index is 12.2. The normalized spacial score (nSPS) is 14.9. The lowest BCUT2D eigenvalue weighted by atomic mass is 10.2. The molecule has 2 N–H and O–H groups in total. The van der Waals surface area contributed by atoms with Gasteiger partial charge in [-0.3, -0.25) is 4.79 Å². The van der Waals surface area contributed by atoms with E-state index in [1.807, 2.05) is 35.9 Å². The molecular formula is C15H20N4OS. The van der Waals surface area contributed by atoms with Crippen LogP contribution in [-0.4, -0.2) is 42.5 Å². The van der Waals surface area contributed by atoms with Gasteiger partial charge in [-0.1, -0.05) is 0 Å². The van der Waals surface area contributed by atoms with Gasteiger partial charge >= 0.3 is 0 Å². The van der Waals surface area contributed by atoms with Gasteiger partial charge in [-0.2, -0.15) is 0 Å². The van der Waals surface area contributed by atoms with Crippen molar-refractivity contribution in [1.82, 2.24) is 9.88 Å². The van der Waals surface area contributed by atoms with Crippen LogP contribution in [0.25, 0.3) is 10.2 Å². The molecule has 2 aromatic rings. The summed E-state index contributed by atoms with van der Waals surface area (Å²) in [6, 6.07) is 3.93. The van der Waals surface area contributed by atoms with Gasteiger partial charge in [0.15, 0.2) is 0 Å². The number of amides is 1. The van der Waals surface area contributed by atoms with E-state index in [-0.39, 0.29) is 5.91 Å². The molecule has 0 bridgehead atoms. The number of thiazole rings is 1. The van der Waals surface area contributed by atoms with Crippen LogP contribution >= 0.6 is 11.3 Å². The van der Waals surface area contributed by atoms with E-state index >= 15 is 0 Å². The molecule has 0 spiro atoms. The summed E-state index contributed by atoms with van der Waals surface area (Å²) in [6.07, 6.45) is 2.23. The second-order valence-electron chi connectivity index (χ2n) is 5.56. The molecule has 1 aliphatic heterocycles. The van der Waals surface area contributed by atoms with Crippen molar-refractivity contribution in [3.05, 3.63) is 17.1 Å². The quantitative estimate of drug-likeness (QED) is 0.883.